The lowest BCUT2D eigenvalue weighted by molar-refractivity contribution is 0.107. The smallest absolute Gasteiger partial charge is 0.284 e. The van der Waals surface area contributed by atoms with E-state index in [1.165, 1.54) is 0 Å². The van der Waals surface area contributed by atoms with E-state index in [4.69, 9.17) is 11.6 Å². The van der Waals surface area contributed by atoms with Gasteiger partial charge in [0.25, 0.3) is 11.7 Å². The van der Waals surface area contributed by atoms with E-state index < -0.39 is 28.9 Å². The average molecular weight is 238 g/mol. The molecule has 0 saturated heterocycles. The molecule has 0 fully saturated rings. The van der Waals surface area contributed by atoms with Crippen LogP contribution in [0.25, 0.3) is 0 Å². The molecule has 0 aliphatic carbocycles. The van der Waals surface area contributed by atoms with Gasteiger partial charge in [-0.2, -0.15) is 0 Å². The quantitative estimate of drug-likeness (QED) is 0.818. The molecule has 1 N–H and O–H groups in total. The van der Waals surface area contributed by atoms with Gasteiger partial charge in [0.2, 0.25) is 0 Å². The van der Waals surface area contributed by atoms with Gasteiger partial charge in [-0.05, 0) is 11.6 Å². The molecule has 0 saturated carbocycles. The van der Waals surface area contributed by atoms with Gasteiger partial charge in [-0.15, -0.1) is 0 Å². The predicted molar refractivity (Wildman–Crippen MR) is 47.6 cm³/mol. The van der Waals surface area contributed by atoms with Gasteiger partial charge in [0, 0.05) is 6.20 Å². The van der Waals surface area contributed by atoms with Crippen molar-refractivity contribution in [1.82, 2.24) is 4.98 Å². The Morgan fingerprint density at radius 3 is 2.67 bits per heavy atom. The number of carbonyl (C=O) groups is 1. The molecule has 15 heavy (non-hydrogen) atoms. The molecule has 0 aromatic carbocycles. The van der Waals surface area contributed by atoms with Crippen LogP contribution >= 0.6 is 11.6 Å². The van der Waals surface area contributed by atoms with E-state index >= 15 is 0 Å². The number of rotatable bonds is 3. The number of methoxy groups -OCH3 is 1. The highest BCUT2D eigenvalue weighted by molar-refractivity contribution is 6.68. The van der Waals surface area contributed by atoms with Crippen molar-refractivity contribution in [2.75, 3.05) is 7.11 Å². The molecule has 0 aliphatic heterocycles. The van der Waals surface area contributed by atoms with Crippen LogP contribution in [0.5, 0.6) is 11.5 Å². The molecule has 0 bridgehead atoms. The molecular formula is C8H6ClF2NO3. The fraction of sp³-hybridized carbons (Fsp3) is 0.250. The molecule has 7 heteroatoms. The summed E-state index contributed by atoms with van der Waals surface area (Å²) in [7, 11) is 1.12. The van der Waals surface area contributed by atoms with Crippen LogP contribution in [-0.4, -0.2) is 22.4 Å². The number of alkyl halides is 2. The minimum absolute atomic E-state index is 0.263. The van der Waals surface area contributed by atoms with E-state index in [0.717, 1.165) is 13.3 Å². The van der Waals surface area contributed by atoms with Crippen molar-refractivity contribution in [2.24, 2.45) is 0 Å². The maximum absolute atomic E-state index is 12.3. The minimum atomic E-state index is -2.96. The number of ether oxygens (including phenoxy) is 1. The molecule has 1 aromatic rings. The van der Waals surface area contributed by atoms with Crippen molar-refractivity contribution in [1.29, 1.82) is 0 Å². The molecule has 1 heterocycles. The van der Waals surface area contributed by atoms with Gasteiger partial charge >= 0.3 is 0 Å². The lowest BCUT2D eigenvalue weighted by Crippen LogP contribution is -2.01. The zero-order valence-electron chi connectivity index (χ0n) is 7.50. The Balaban J connectivity index is 3.39. The second-order valence-corrected chi connectivity index (χ2v) is 2.86. The number of nitrogens with zero attached hydrogens (tertiary/aromatic N) is 1. The Hall–Kier alpha value is -1.43. The van der Waals surface area contributed by atoms with Crippen LogP contribution in [0.1, 0.15) is 22.5 Å². The second kappa shape index (κ2) is 4.39. The second-order valence-electron chi connectivity index (χ2n) is 2.51. The summed E-state index contributed by atoms with van der Waals surface area (Å²) in [6.45, 7) is 0. The highest BCUT2D eigenvalue weighted by Crippen LogP contribution is 2.37. The van der Waals surface area contributed by atoms with Gasteiger partial charge in [-0.25, -0.2) is 8.78 Å². The molecule has 0 amide bonds. The number of carbonyl (C=O) groups excluding carboxylic acids is 1. The third kappa shape index (κ3) is 2.15. The summed E-state index contributed by atoms with van der Waals surface area (Å²) in [4.78, 5) is 14.0. The monoisotopic (exact) mass is 237 g/mol. The molecule has 0 aliphatic rings. The Morgan fingerprint density at radius 1 is 1.67 bits per heavy atom. The standard InChI is InChI=1S/C8H6ClF2NO3/c1-15-6-3(7(9)14)2-12-4(5(6)13)8(10)11/h2,8,13H,1H3. The summed E-state index contributed by atoms with van der Waals surface area (Å²) in [5, 5.41) is 8.36. The molecule has 82 valence electrons. The Kier molecular flexibility index (Phi) is 3.41. The largest absolute Gasteiger partial charge is 0.503 e. The fourth-order valence-electron chi connectivity index (χ4n) is 1.00. The van der Waals surface area contributed by atoms with Crippen molar-refractivity contribution in [2.45, 2.75) is 6.43 Å². The summed E-state index contributed by atoms with van der Waals surface area (Å²) in [6, 6.07) is 0. The van der Waals surface area contributed by atoms with E-state index in [-0.39, 0.29) is 5.56 Å². The normalized spacial score (nSPS) is 10.5. The molecule has 1 aromatic heterocycles. The van der Waals surface area contributed by atoms with Crippen molar-refractivity contribution >= 4 is 16.8 Å². The van der Waals surface area contributed by atoms with E-state index in [2.05, 4.69) is 9.72 Å². The maximum atomic E-state index is 12.3. The van der Waals surface area contributed by atoms with Gasteiger partial charge < -0.3 is 9.84 Å². The molecule has 0 unspecified atom stereocenters. The summed E-state index contributed by atoms with van der Waals surface area (Å²) >= 11 is 5.13. The zero-order valence-corrected chi connectivity index (χ0v) is 8.26. The average Bonchev–Trinajstić information content (AvgIpc) is 2.16. The first-order valence-electron chi connectivity index (χ1n) is 3.72. The molecule has 4 nitrogen and oxygen atoms in total. The van der Waals surface area contributed by atoms with Gasteiger partial charge in [-0.3, -0.25) is 9.78 Å². The first-order chi connectivity index (χ1) is 6.99. The molecule has 1 rings (SSSR count). The summed E-state index contributed by atoms with van der Waals surface area (Å²) < 4.78 is 29.2. The van der Waals surface area contributed by atoms with E-state index in [0.29, 0.717) is 0 Å². The third-order valence-electron chi connectivity index (χ3n) is 1.66. The Bertz CT molecular complexity index is 398. The summed E-state index contributed by atoms with van der Waals surface area (Å²) in [5.41, 5.74) is -1.12. The van der Waals surface area contributed by atoms with E-state index in [1.807, 2.05) is 0 Å². The van der Waals surface area contributed by atoms with E-state index in [1.54, 1.807) is 0 Å². The van der Waals surface area contributed by atoms with Gasteiger partial charge in [0.05, 0.1) is 12.7 Å². The predicted octanol–water partition coefficient (Wildman–Crippen LogP) is 2.11. The van der Waals surface area contributed by atoms with Crippen molar-refractivity contribution < 1.29 is 23.4 Å². The van der Waals surface area contributed by atoms with Crippen LogP contribution in [0.3, 0.4) is 0 Å². The fourth-order valence-corrected chi connectivity index (χ4v) is 1.14. The van der Waals surface area contributed by atoms with Crippen molar-refractivity contribution in [3.63, 3.8) is 0 Å². The minimum Gasteiger partial charge on any atom is -0.503 e. The lowest BCUT2D eigenvalue weighted by atomic mass is 10.2. The van der Waals surface area contributed by atoms with Crippen LogP contribution in [0.15, 0.2) is 6.20 Å². The van der Waals surface area contributed by atoms with Gasteiger partial charge in [-0.1, -0.05) is 0 Å². The number of pyridine rings is 1. The van der Waals surface area contributed by atoms with Gasteiger partial charge in [0.1, 0.15) is 0 Å². The molecule has 0 atom stereocenters. The summed E-state index contributed by atoms with van der Waals surface area (Å²) in [5.74, 6) is -1.28. The number of hydrogen-bond donors (Lipinski definition) is 1. The Morgan fingerprint density at radius 2 is 2.27 bits per heavy atom. The highest BCUT2D eigenvalue weighted by Gasteiger charge is 2.23. The van der Waals surface area contributed by atoms with Crippen LogP contribution in [0, 0.1) is 0 Å². The first kappa shape index (κ1) is 11.6. The zero-order chi connectivity index (χ0) is 11.6. The first-order valence-corrected chi connectivity index (χ1v) is 4.10. The van der Waals surface area contributed by atoms with Crippen LogP contribution in [0.4, 0.5) is 8.78 Å². The SMILES string of the molecule is COc1c(C(=O)Cl)cnc(C(F)F)c1O. The van der Waals surface area contributed by atoms with Crippen LogP contribution in [-0.2, 0) is 0 Å². The maximum Gasteiger partial charge on any atom is 0.284 e. The van der Waals surface area contributed by atoms with Gasteiger partial charge in [0.15, 0.2) is 17.2 Å². The number of aromatic hydroxyl groups is 1. The Labute approximate surface area is 88.4 Å². The highest BCUT2D eigenvalue weighted by atomic mass is 35.5. The topological polar surface area (TPSA) is 59.4 Å². The number of hydrogen-bond acceptors (Lipinski definition) is 4. The lowest BCUT2D eigenvalue weighted by Gasteiger charge is -2.09. The third-order valence-corrected chi connectivity index (χ3v) is 1.86. The molecule has 0 spiro atoms. The summed E-state index contributed by atoms with van der Waals surface area (Å²) in [6.07, 6.45) is -2.13. The van der Waals surface area contributed by atoms with Crippen LogP contribution in [0.2, 0.25) is 0 Å². The van der Waals surface area contributed by atoms with Crippen molar-refractivity contribution in [3.05, 3.63) is 17.5 Å². The number of halogens is 3. The van der Waals surface area contributed by atoms with Crippen LogP contribution < -0.4 is 4.74 Å². The molecule has 0 radical (unpaired) electrons. The number of aromatic nitrogens is 1. The molecular weight excluding hydrogens is 232 g/mol. The van der Waals surface area contributed by atoms with E-state index in [9.17, 15) is 18.7 Å². The van der Waals surface area contributed by atoms with Crippen molar-refractivity contribution in [3.8, 4) is 11.5 Å².